The number of rotatable bonds is 2. The minimum Gasteiger partial charge on any atom is -0.495 e. The summed E-state index contributed by atoms with van der Waals surface area (Å²) >= 11 is 0. The average Bonchev–Trinajstić information content (AvgIpc) is 2.32. The molecular formula is C10H18O2. The van der Waals surface area contributed by atoms with Crippen LogP contribution < -0.4 is 0 Å². The van der Waals surface area contributed by atoms with Crippen molar-refractivity contribution in [3.8, 4) is 0 Å². The Kier molecular flexibility index (Phi) is 2.78. The molecular weight excluding hydrogens is 152 g/mol. The minimum absolute atomic E-state index is 0.159. The lowest BCUT2D eigenvalue weighted by Crippen LogP contribution is -2.19. The van der Waals surface area contributed by atoms with Gasteiger partial charge in [0, 0.05) is 6.42 Å². The van der Waals surface area contributed by atoms with E-state index in [1.807, 2.05) is 6.08 Å². The number of aliphatic hydroxyl groups is 1. The summed E-state index contributed by atoms with van der Waals surface area (Å²) in [5.74, 6) is 0.768. The maximum atomic E-state index is 9.69. The molecule has 1 atom stereocenters. The van der Waals surface area contributed by atoms with Gasteiger partial charge in [0.2, 0.25) is 0 Å². The van der Waals surface area contributed by atoms with Crippen molar-refractivity contribution in [2.45, 2.75) is 39.7 Å². The van der Waals surface area contributed by atoms with Crippen LogP contribution in [0.2, 0.25) is 0 Å². The quantitative estimate of drug-likeness (QED) is 0.687. The van der Waals surface area contributed by atoms with Crippen LogP contribution in [-0.4, -0.2) is 17.8 Å². The monoisotopic (exact) mass is 170 g/mol. The fraction of sp³-hybridized carbons (Fsp3) is 0.800. The third kappa shape index (κ3) is 2.86. The summed E-state index contributed by atoms with van der Waals surface area (Å²) in [5, 5.41) is 9.69. The molecule has 1 aliphatic heterocycles. The van der Waals surface area contributed by atoms with E-state index in [2.05, 4.69) is 20.8 Å². The van der Waals surface area contributed by atoms with Gasteiger partial charge in [0.05, 0.1) is 6.61 Å². The highest BCUT2D eigenvalue weighted by molar-refractivity contribution is 5.04. The van der Waals surface area contributed by atoms with Gasteiger partial charge < -0.3 is 9.84 Å². The first-order valence-corrected chi connectivity index (χ1v) is 4.50. The molecule has 0 fully saturated rings. The maximum Gasteiger partial charge on any atom is 0.121 e. The van der Waals surface area contributed by atoms with Gasteiger partial charge in [-0.15, -0.1) is 0 Å². The van der Waals surface area contributed by atoms with Crippen LogP contribution in [0.3, 0.4) is 0 Å². The number of ether oxygens (including phenoxy) is 1. The highest BCUT2D eigenvalue weighted by Crippen LogP contribution is 2.26. The second kappa shape index (κ2) is 3.48. The molecule has 0 aliphatic carbocycles. The summed E-state index contributed by atoms with van der Waals surface area (Å²) in [4.78, 5) is 0. The van der Waals surface area contributed by atoms with Crippen molar-refractivity contribution in [2.75, 3.05) is 6.61 Å². The largest absolute Gasteiger partial charge is 0.495 e. The van der Waals surface area contributed by atoms with Crippen LogP contribution in [0, 0.1) is 5.41 Å². The molecule has 70 valence electrons. The van der Waals surface area contributed by atoms with Crippen LogP contribution in [0.25, 0.3) is 0 Å². The molecule has 0 aromatic rings. The van der Waals surface area contributed by atoms with Crippen LogP contribution in [0.5, 0.6) is 0 Å². The second-order valence-electron chi connectivity index (χ2n) is 4.52. The van der Waals surface area contributed by atoms with E-state index in [0.717, 1.165) is 25.2 Å². The van der Waals surface area contributed by atoms with E-state index in [1.165, 1.54) is 0 Å². The SMILES string of the molecule is CC(C)(C)CC(O)C1=CCCO1. The standard InChI is InChI=1S/C10H18O2/c1-10(2,3)7-8(11)9-5-4-6-12-9/h5,8,11H,4,6-7H2,1-3H3. The van der Waals surface area contributed by atoms with Gasteiger partial charge in [-0.3, -0.25) is 0 Å². The van der Waals surface area contributed by atoms with Crippen LogP contribution in [0.4, 0.5) is 0 Å². The number of hydrogen-bond donors (Lipinski definition) is 1. The summed E-state index contributed by atoms with van der Waals surface area (Å²) in [6, 6.07) is 0. The molecule has 0 spiro atoms. The molecule has 0 aromatic heterocycles. The Morgan fingerprint density at radius 2 is 2.25 bits per heavy atom. The number of hydrogen-bond acceptors (Lipinski definition) is 2. The Bertz CT molecular complexity index is 177. The second-order valence-corrected chi connectivity index (χ2v) is 4.52. The first kappa shape index (κ1) is 9.59. The maximum absolute atomic E-state index is 9.69. The van der Waals surface area contributed by atoms with Gasteiger partial charge in [-0.25, -0.2) is 0 Å². The average molecular weight is 170 g/mol. The minimum atomic E-state index is -0.410. The van der Waals surface area contributed by atoms with Gasteiger partial charge in [0.15, 0.2) is 0 Å². The fourth-order valence-electron chi connectivity index (χ4n) is 1.35. The Morgan fingerprint density at radius 3 is 2.67 bits per heavy atom. The summed E-state index contributed by atoms with van der Waals surface area (Å²) < 4.78 is 5.27. The molecule has 2 nitrogen and oxygen atoms in total. The van der Waals surface area contributed by atoms with Crippen molar-refractivity contribution in [1.29, 1.82) is 0 Å². The summed E-state index contributed by atoms with van der Waals surface area (Å²) in [5.41, 5.74) is 0.159. The predicted octanol–water partition coefficient (Wildman–Crippen LogP) is 2.09. The van der Waals surface area contributed by atoms with E-state index in [0.29, 0.717) is 0 Å². The van der Waals surface area contributed by atoms with Gasteiger partial charge in [-0.2, -0.15) is 0 Å². The van der Waals surface area contributed by atoms with Gasteiger partial charge in [0.25, 0.3) is 0 Å². The Morgan fingerprint density at radius 1 is 1.58 bits per heavy atom. The van der Waals surface area contributed by atoms with E-state index >= 15 is 0 Å². The lowest BCUT2D eigenvalue weighted by molar-refractivity contribution is 0.0858. The van der Waals surface area contributed by atoms with Crippen molar-refractivity contribution in [3.05, 3.63) is 11.8 Å². The van der Waals surface area contributed by atoms with E-state index in [1.54, 1.807) is 0 Å². The zero-order chi connectivity index (χ0) is 9.19. The molecule has 12 heavy (non-hydrogen) atoms. The highest BCUT2D eigenvalue weighted by atomic mass is 16.5. The number of aliphatic hydroxyl groups excluding tert-OH is 1. The first-order chi connectivity index (χ1) is 5.49. The van der Waals surface area contributed by atoms with Crippen molar-refractivity contribution in [3.63, 3.8) is 0 Å². The fourth-order valence-corrected chi connectivity index (χ4v) is 1.35. The van der Waals surface area contributed by atoms with E-state index in [4.69, 9.17) is 4.74 Å². The molecule has 0 saturated carbocycles. The van der Waals surface area contributed by atoms with Gasteiger partial charge in [-0.1, -0.05) is 20.8 Å². The Balaban J connectivity index is 2.42. The molecule has 1 aliphatic rings. The first-order valence-electron chi connectivity index (χ1n) is 4.50. The molecule has 2 heteroatoms. The third-order valence-electron chi connectivity index (χ3n) is 1.87. The summed E-state index contributed by atoms with van der Waals surface area (Å²) in [6.45, 7) is 7.08. The Hall–Kier alpha value is -0.500. The van der Waals surface area contributed by atoms with Crippen molar-refractivity contribution in [2.24, 2.45) is 5.41 Å². The van der Waals surface area contributed by atoms with E-state index < -0.39 is 6.10 Å². The molecule has 0 radical (unpaired) electrons. The predicted molar refractivity (Wildman–Crippen MR) is 48.7 cm³/mol. The van der Waals surface area contributed by atoms with Crippen molar-refractivity contribution >= 4 is 0 Å². The lowest BCUT2D eigenvalue weighted by atomic mass is 9.88. The van der Waals surface area contributed by atoms with Gasteiger partial charge in [-0.05, 0) is 17.9 Å². The molecule has 1 N–H and O–H groups in total. The normalized spacial score (nSPS) is 20.2. The highest BCUT2D eigenvalue weighted by Gasteiger charge is 2.22. The molecule has 0 bridgehead atoms. The van der Waals surface area contributed by atoms with Crippen LogP contribution in [-0.2, 0) is 4.74 Å². The molecule has 0 saturated heterocycles. The lowest BCUT2D eigenvalue weighted by Gasteiger charge is -2.22. The summed E-state index contributed by atoms with van der Waals surface area (Å²) in [6.07, 6.45) is 3.28. The Labute approximate surface area is 74.2 Å². The molecule has 0 aromatic carbocycles. The smallest absolute Gasteiger partial charge is 0.121 e. The molecule has 1 unspecified atom stereocenters. The van der Waals surface area contributed by atoms with Crippen LogP contribution in [0.15, 0.2) is 11.8 Å². The van der Waals surface area contributed by atoms with Crippen LogP contribution >= 0.6 is 0 Å². The van der Waals surface area contributed by atoms with Crippen molar-refractivity contribution < 1.29 is 9.84 Å². The van der Waals surface area contributed by atoms with Crippen LogP contribution in [0.1, 0.15) is 33.6 Å². The topological polar surface area (TPSA) is 29.5 Å². The van der Waals surface area contributed by atoms with E-state index in [9.17, 15) is 5.11 Å². The van der Waals surface area contributed by atoms with E-state index in [-0.39, 0.29) is 5.41 Å². The van der Waals surface area contributed by atoms with Gasteiger partial charge >= 0.3 is 0 Å². The molecule has 1 heterocycles. The van der Waals surface area contributed by atoms with Crippen molar-refractivity contribution in [1.82, 2.24) is 0 Å². The molecule has 0 amide bonds. The third-order valence-corrected chi connectivity index (χ3v) is 1.87. The van der Waals surface area contributed by atoms with Gasteiger partial charge in [0.1, 0.15) is 11.9 Å². The summed E-state index contributed by atoms with van der Waals surface area (Å²) in [7, 11) is 0. The zero-order valence-electron chi connectivity index (χ0n) is 8.13. The molecule has 1 rings (SSSR count). The zero-order valence-corrected chi connectivity index (χ0v) is 8.13.